The SMILES string of the molecule is CCCCCCCCCCCCCCCCCCOCCOCCOS(=O)(=O)c1ccc(C)cc1. The van der Waals surface area contributed by atoms with Crippen molar-refractivity contribution in [2.24, 2.45) is 0 Å². The molecule has 5 nitrogen and oxygen atoms in total. The Bertz CT molecular complexity index is 688. The molecule has 0 saturated carbocycles. The number of unbranched alkanes of at least 4 members (excludes halogenated alkanes) is 15. The summed E-state index contributed by atoms with van der Waals surface area (Å²) in [5.41, 5.74) is 1.01. The fraction of sp³-hybridized carbons (Fsp3) is 0.793. The smallest absolute Gasteiger partial charge is 0.297 e. The molecule has 0 bridgehead atoms. The molecule has 1 rings (SSSR count). The average Bonchev–Trinajstić information content (AvgIpc) is 2.84. The van der Waals surface area contributed by atoms with Gasteiger partial charge in [0.15, 0.2) is 0 Å². The van der Waals surface area contributed by atoms with E-state index in [1.54, 1.807) is 24.3 Å². The summed E-state index contributed by atoms with van der Waals surface area (Å²) in [5.74, 6) is 0. The van der Waals surface area contributed by atoms with Gasteiger partial charge in [0, 0.05) is 6.61 Å². The highest BCUT2D eigenvalue weighted by atomic mass is 32.2. The van der Waals surface area contributed by atoms with Gasteiger partial charge in [0.05, 0.1) is 31.3 Å². The lowest BCUT2D eigenvalue weighted by atomic mass is 10.0. The molecule has 0 fully saturated rings. The van der Waals surface area contributed by atoms with E-state index in [1.807, 2.05) is 6.92 Å². The van der Waals surface area contributed by atoms with Crippen molar-refractivity contribution in [3.8, 4) is 0 Å². The molecular weight excluding hydrogens is 460 g/mol. The highest BCUT2D eigenvalue weighted by molar-refractivity contribution is 7.86. The molecule has 35 heavy (non-hydrogen) atoms. The van der Waals surface area contributed by atoms with E-state index in [1.165, 1.54) is 96.3 Å². The molecule has 204 valence electrons. The predicted molar refractivity (Wildman–Crippen MR) is 146 cm³/mol. The predicted octanol–water partition coefficient (Wildman–Crippen LogP) is 8.00. The number of rotatable bonds is 25. The van der Waals surface area contributed by atoms with Gasteiger partial charge in [-0.1, -0.05) is 121 Å². The van der Waals surface area contributed by atoms with Crippen molar-refractivity contribution in [3.63, 3.8) is 0 Å². The van der Waals surface area contributed by atoms with Gasteiger partial charge >= 0.3 is 0 Å². The van der Waals surface area contributed by atoms with E-state index in [2.05, 4.69) is 6.92 Å². The van der Waals surface area contributed by atoms with Crippen LogP contribution in [0.25, 0.3) is 0 Å². The van der Waals surface area contributed by atoms with Crippen molar-refractivity contribution in [2.75, 3.05) is 33.0 Å². The second kappa shape index (κ2) is 22.3. The number of ether oxygens (including phenoxy) is 2. The minimum atomic E-state index is -3.71. The van der Waals surface area contributed by atoms with Gasteiger partial charge in [0.1, 0.15) is 0 Å². The third kappa shape index (κ3) is 18.9. The first-order chi connectivity index (χ1) is 17.1. The first kappa shape index (κ1) is 32.1. The van der Waals surface area contributed by atoms with Crippen molar-refractivity contribution in [1.82, 2.24) is 0 Å². The highest BCUT2D eigenvalue weighted by Crippen LogP contribution is 2.14. The van der Waals surface area contributed by atoms with E-state index in [0.717, 1.165) is 18.6 Å². The van der Waals surface area contributed by atoms with Crippen molar-refractivity contribution in [1.29, 1.82) is 0 Å². The summed E-state index contributed by atoms with van der Waals surface area (Å²) in [6.07, 6.45) is 21.9. The van der Waals surface area contributed by atoms with Crippen molar-refractivity contribution in [2.45, 2.75) is 121 Å². The van der Waals surface area contributed by atoms with Crippen LogP contribution in [0, 0.1) is 6.92 Å². The summed E-state index contributed by atoms with van der Waals surface area (Å²) < 4.78 is 40.1. The largest absolute Gasteiger partial charge is 0.379 e. The summed E-state index contributed by atoms with van der Waals surface area (Å²) in [4.78, 5) is 0.172. The second-order valence-corrected chi connectivity index (χ2v) is 11.2. The van der Waals surface area contributed by atoms with Crippen LogP contribution in [-0.4, -0.2) is 41.5 Å². The first-order valence-electron chi connectivity index (χ1n) is 14.2. The van der Waals surface area contributed by atoms with E-state index in [-0.39, 0.29) is 18.1 Å². The van der Waals surface area contributed by atoms with Gasteiger partial charge in [-0.05, 0) is 25.5 Å². The van der Waals surface area contributed by atoms with Gasteiger partial charge in [-0.25, -0.2) is 0 Å². The molecule has 0 radical (unpaired) electrons. The maximum absolute atomic E-state index is 12.1. The Morgan fingerprint density at radius 2 is 0.943 bits per heavy atom. The Morgan fingerprint density at radius 1 is 0.543 bits per heavy atom. The molecule has 6 heteroatoms. The summed E-state index contributed by atoms with van der Waals surface area (Å²) in [7, 11) is -3.71. The molecule has 0 heterocycles. The molecule has 0 saturated heterocycles. The number of aryl methyl sites for hydroxylation is 1. The van der Waals surface area contributed by atoms with Gasteiger partial charge in [0.2, 0.25) is 0 Å². The van der Waals surface area contributed by atoms with Gasteiger partial charge in [0.25, 0.3) is 10.1 Å². The normalized spacial score (nSPS) is 11.8. The zero-order valence-electron chi connectivity index (χ0n) is 22.6. The Balaban J connectivity index is 1.76. The van der Waals surface area contributed by atoms with Crippen molar-refractivity contribution >= 4 is 10.1 Å². The van der Waals surface area contributed by atoms with Crippen LogP contribution in [0.4, 0.5) is 0 Å². The third-order valence-electron chi connectivity index (χ3n) is 6.29. The van der Waals surface area contributed by atoms with Crippen LogP contribution in [0.3, 0.4) is 0 Å². The maximum atomic E-state index is 12.1. The second-order valence-electron chi connectivity index (χ2n) is 9.62. The quantitative estimate of drug-likeness (QED) is 0.0981. The Labute approximate surface area is 216 Å². The molecule has 0 aliphatic rings. The number of hydrogen-bond donors (Lipinski definition) is 0. The molecule has 0 amide bonds. The first-order valence-corrected chi connectivity index (χ1v) is 15.6. The highest BCUT2D eigenvalue weighted by Gasteiger charge is 2.14. The van der Waals surface area contributed by atoms with Crippen molar-refractivity contribution in [3.05, 3.63) is 29.8 Å². The Kier molecular flexibility index (Phi) is 20.4. The van der Waals surface area contributed by atoms with E-state index < -0.39 is 10.1 Å². The molecule has 0 aliphatic heterocycles. The average molecular weight is 513 g/mol. The van der Waals surface area contributed by atoms with Gasteiger partial charge in [-0.3, -0.25) is 4.18 Å². The standard InChI is InChI=1S/C29H52O5S/c1-3-4-5-6-7-8-9-10-11-12-13-14-15-16-17-18-23-32-24-25-33-26-27-34-35(30,31)29-21-19-28(2)20-22-29/h19-22H,3-18,23-27H2,1-2H3. The fourth-order valence-corrected chi connectivity index (χ4v) is 4.94. The van der Waals surface area contributed by atoms with Crippen LogP contribution in [0.2, 0.25) is 0 Å². The molecule has 0 aliphatic carbocycles. The fourth-order valence-electron chi connectivity index (χ4n) is 4.05. The van der Waals surface area contributed by atoms with Crippen LogP contribution in [0.5, 0.6) is 0 Å². The lowest BCUT2D eigenvalue weighted by Gasteiger charge is -2.08. The van der Waals surface area contributed by atoms with E-state index in [4.69, 9.17) is 13.7 Å². The minimum Gasteiger partial charge on any atom is -0.379 e. The zero-order valence-corrected chi connectivity index (χ0v) is 23.4. The Hall–Kier alpha value is -0.950. The van der Waals surface area contributed by atoms with Crippen molar-refractivity contribution < 1.29 is 22.1 Å². The van der Waals surface area contributed by atoms with E-state index >= 15 is 0 Å². The summed E-state index contributed by atoms with van der Waals surface area (Å²) in [6.45, 7) is 6.17. The van der Waals surface area contributed by atoms with Crippen LogP contribution >= 0.6 is 0 Å². The monoisotopic (exact) mass is 512 g/mol. The van der Waals surface area contributed by atoms with Gasteiger partial charge < -0.3 is 9.47 Å². The molecule has 0 spiro atoms. The van der Waals surface area contributed by atoms with Crippen LogP contribution in [0.15, 0.2) is 29.2 Å². The summed E-state index contributed by atoms with van der Waals surface area (Å²) in [6, 6.07) is 6.61. The molecule has 1 aromatic rings. The number of hydrogen-bond acceptors (Lipinski definition) is 5. The maximum Gasteiger partial charge on any atom is 0.297 e. The molecule has 0 aromatic heterocycles. The number of benzene rings is 1. The lowest BCUT2D eigenvalue weighted by molar-refractivity contribution is 0.0359. The van der Waals surface area contributed by atoms with Crippen LogP contribution in [0.1, 0.15) is 115 Å². The van der Waals surface area contributed by atoms with Crippen LogP contribution in [-0.2, 0) is 23.8 Å². The lowest BCUT2D eigenvalue weighted by Crippen LogP contribution is -2.13. The minimum absolute atomic E-state index is 0.00926. The molecule has 0 N–H and O–H groups in total. The van der Waals surface area contributed by atoms with Gasteiger partial charge in [-0.15, -0.1) is 0 Å². The molecular formula is C29H52O5S. The molecule has 0 atom stereocenters. The summed E-state index contributed by atoms with van der Waals surface area (Å²) >= 11 is 0. The summed E-state index contributed by atoms with van der Waals surface area (Å²) in [5, 5.41) is 0. The molecule has 1 aromatic carbocycles. The molecule has 0 unspecified atom stereocenters. The zero-order chi connectivity index (χ0) is 25.5. The Morgan fingerprint density at radius 3 is 1.43 bits per heavy atom. The van der Waals surface area contributed by atoms with E-state index in [9.17, 15) is 8.42 Å². The third-order valence-corrected chi connectivity index (χ3v) is 7.62. The topological polar surface area (TPSA) is 61.8 Å². The van der Waals surface area contributed by atoms with E-state index in [0.29, 0.717) is 13.2 Å². The van der Waals surface area contributed by atoms with Gasteiger partial charge in [-0.2, -0.15) is 8.42 Å². The van der Waals surface area contributed by atoms with Crippen LogP contribution < -0.4 is 0 Å².